The van der Waals surface area contributed by atoms with E-state index in [0.717, 1.165) is 12.8 Å². The van der Waals surface area contributed by atoms with Crippen molar-refractivity contribution in [3.63, 3.8) is 0 Å². The van der Waals surface area contributed by atoms with E-state index in [2.05, 4.69) is 5.32 Å². The third kappa shape index (κ3) is 3.14. The highest BCUT2D eigenvalue weighted by atomic mass is 16.6. The van der Waals surface area contributed by atoms with E-state index >= 15 is 0 Å². The van der Waals surface area contributed by atoms with Gasteiger partial charge in [-0.05, 0) is 31.9 Å². The van der Waals surface area contributed by atoms with Gasteiger partial charge < -0.3 is 14.8 Å². The molecule has 2 rings (SSSR count). The molecule has 0 amide bonds. The van der Waals surface area contributed by atoms with Gasteiger partial charge in [0.1, 0.15) is 11.4 Å². The lowest BCUT2D eigenvalue weighted by molar-refractivity contribution is -0.384. The molecule has 1 aromatic carbocycles. The second kappa shape index (κ2) is 5.88. The summed E-state index contributed by atoms with van der Waals surface area (Å²) in [6, 6.07) is 5.07. The second-order valence-electron chi connectivity index (χ2n) is 4.53. The summed E-state index contributed by atoms with van der Waals surface area (Å²) < 4.78 is 10.5. The number of rotatable bonds is 6. The standard InChI is InChI=1S/C13H18N2O4/c1-3-19-11-6-9(7-11)14-12-5-4-10(18-2)8-13(12)15(16)17/h4-5,8-9,11,14H,3,6-7H2,1-2H3. The average molecular weight is 266 g/mol. The van der Waals surface area contributed by atoms with E-state index < -0.39 is 4.92 Å². The Labute approximate surface area is 111 Å². The Morgan fingerprint density at radius 3 is 2.79 bits per heavy atom. The summed E-state index contributed by atoms with van der Waals surface area (Å²) in [5.74, 6) is 0.484. The van der Waals surface area contributed by atoms with Crippen molar-refractivity contribution in [3.8, 4) is 5.75 Å². The van der Waals surface area contributed by atoms with Crippen molar-refractivity contribution in [2.75, 3.05) is 19.0 Å². The lowest BCUT2D eigenvalue weighted by atomic mass is 9.89. The van der Waals surface area contributed by atoms with E-state index in [0.29, 0.717) is 18.0 Å². The predicted molar refractivity (Wildman–Crippen MR) is 71.7 cm³/mol. The van der Waals surface area contributed by atoms with Crippen molar-refractivity contribution in [3.05, 3.63) is 28.3 Å². The zero-order valence-corrected chi connectivity index (χ0v) is 11.1. The maximum atomic E-state index is 11.0. The fraction of sp³-hybridized carbons (Fsp3) is 0.538. The topological polar surface area (TPSA) is 73.6 Å². The van der Waals surface area contributed by atoms with Gasteiger partial charge in [0.25, 0.3) is 5.69 Å². The monoisotopic (exact) mass is 266 g/mol. The van der Waals surface area contributed by atoms with Gasteiger partial charge in [0, 0.05) is 12.6 Å². The predicted octanol–water partition coefficient (Wildman–Crippen LogP) is 2.58. The number of methoxy groups -OCH3 is 1. The molecule has 1 N–H and O–H groups in total. The van der Waals surface area contributed by atoms with Crippen LogP contribution in [0.25, 0.3) is 0 Å². The maximum absolute atomic E-state index is 11.0. The number of hydrogen-bond donors (Lipinski definition) is 1. The molecule has 0 atom stereocenters. The molecule has 0 bridgehead atoms. The normalized spacial score (nSPS) is 21.6. The summed E-state index contributed by atoms with van der Waals surface area (Å²) >= 11 is 0. The third-order valence-corrected chi connectivity index (χ3v) is 3.26. The number of hydrogen-bond acceptors (Lipinski definition) is 5. The van der Waals surface area contributed by atoms with Gasteiger partial charge in [-0.1, -0.05) is 0 Å². The first kappa shape index (κ1) is 13.6. The van der Waals surface area contributed by atoms with E-state index in [1.807, 2.05) is 6.92 Å². The van der Waals surface area contributed by atoms with Gasteiger partial charge in [-0.3, -0.25) is 10.1 Å². The van der Waals surface area contributed by atoms with E-state index in [9.17, 15) is 10.1 Å². The molecular weight excluding hydrogens is 248 g/mol. The van der Waals surface area contributed by atoms with Crippen LogP contribution in [0.5, 0.6) is 5.75 Å². The fourth-order valence-electron chi connectivity index (χ4n) is 2.19. The van der Waals surface area contributed by atoms with Crippen molar-refractivity contribution in [1.29, 1.82) is 0 Å². The Kier molecular flexibility index (Phi) is 4.21. The van der Waals surface area contributed by atoms with Gasteiger partial charge in [-0.2, -0.15) is 0 Å². The zero-order valence-electron chi connectivity index (χ0n) is 11.1. The number of nitrogens with zero attached hydrogens (tertiary/aromatic N) is 1. The largest absolute Gasteiger partial charge is 0.496 e. The molecule has 0 unspecified atom stereocenters. The quantitative estimate of drug-likeness (QED) is 0.632. The van der Waals surface area contributed by atoms with Crippen LogP contribution >= 0.6 is 0 Å². The summed E-state index contributed by atoms with van der Waals surface area (Å²) in [6.45, 7) is 2.68. The number of nitro benzene ring substituents is 1. The van der Waals surface area contributed by atoms with Crippen molar-refractivity contribution in [1.82, 2.24) is 0 Å². The molecule has 1 fully saturated rings. The molecule has 1 aliphatic rings. The Balaban J connectivity index is 2.02. The first-order chi connectivity index (χ1) is 9.13. The molecule has 104 valence electrons. The molecular formula is C13H18N2O4. The first-order valence-electron chi connectivity index (χ1n) is 6.34. The number of nitrogens with one attached hydrogen (secondary N) is 1. The summed E-state index contributed by atoms with van der Waals surface area (Å²) in [4.78, 5) is 10.6. The minimum absolute atomic E-state index is 0.0409. The second-order valence-corrected chi connectivity index (χ2v) is 4.53. The smallest absolute Gasteiger partial charge is 0.296 e. The molecule has 1 saturated carbocycles. The van der Waals surface area contributed by atoms with Crippen LogP contribution < -0.4 is 10.1 Å². The summed E-state index contributed by atoms with van der Waals surface area (Å²) in [5, 5.41) is 14.2. The van der Waals surface area contributed by atoms with Crippen molar-refractivity contribution in [2.24, 2.45) is 0 Å². The van der Waals surface area contributed by atoms with E-state index in [-0.39, 0.29) is 17.8 Å². The van der Waals surface area contributed by atoms with Gasteiger partial charge in [0.15, 0.2) is 0 Å². The van der Waals surface area contributed by atoms with Gasteiger partial charge in [-0.25, -0.2) is 0 Å². The van der Waals surface area contributed by atoms with E-state index in [1.165, 1.54) is 13.2 Å². The Hall–Kier alpha value is -1.82. The molecule has 0 heterocycles. The molecule has 1 aromatic rings. The minimum Gasteiger partial charge on any atom is -0.496 e. The van der Waals surface area contributed by atoms with Gasteiger partial charge in [0.05, 0.1) is 24.2 Å². The van der Waals surface area contributed by atoms with Crippen molar-refractivity contribution in [2.45, 2.75) is 31.9 Å². The van der Waals surface area contributed by atoms with E-state index in [4.69, 9.17) is 9.47 Å². The van der Waals surface area contributed by atoms with Crippen LogP contribution in [0.2, 0.25) is 0 Å². The first-order valence-corrected chi connectivity index (χ1v) is 6.34. The van der Waals surface area contributed by atoms with Crippen LogP contribution in [0.4, 0.5) is 11.4 Å². The fourth-order valence-corrected chi connectivity index (χ4v) is 2.19. The van der Waals surface area contributed by atoms with E-state index in [1.54, 1.807) is 12.1 Å². The van der Waals surface area contributed by atoms with Crippen LogP contribution in [-0.2, 0) is 4.74 Å². The number of anilines is 1. The van der Waals surface area contributed by atoms with Crippen LogP contribution in [-0.4, -0.2) is 30.8 Å². The maximum Gasteiger partial charge on any atom is 0.296 e. The zero-order chi connectivity index (χ0) is 13.8. The molecule has 0 saturated heterocycles. The van der Waals surface area contributed by atoms with Crippen molar-refractivity contribution >= 4 is 11.4 Å². The lowest BCUT2D eigenvalue weighted by Crippen LogP contribution is -2.40. The van der Waals surface area contributed by atoms with Crippen LogP contribution in [0, 0.1) is 10.1 Å². The molecule has 0 aromatic heterocycles. The SMILES string of the molecule is CCOC1CC(Nc2ccc(OC)cc2[N+](=O)[O-])C1. The van der Waals surface area contributed by atoms with Crippen LogP contribution in [0.3, 0.4) is 0 Å². The van der Waals surface area contributed by atoms with Gasteiger partial charge >= 0.3 is 0 Å². The molecule has 0 spiro atoms. The molecule has 6 nitrogen and oxygen atoms in total. The summed E-state index contributed by atoms with van der Waals surface area (Å²) in [5.41, 5.74) is 0.574. The van der Waals surface area contributed by atoms with Crippen LogP contribution in [0.15, 0.2) is 18.2 Å². The molecule has 19 heavy (non-hydrogen) atoms. The molecule has 6 heteroatoms. The van der Waals surface area contributed by atoms with Gasteiger partial charge in [-0.15, -0.1) is 0 Å². The highest BCUT2D eigenvalue weighted by molar-refractivity contribution is 5.64. The third-order valence-electron chi connectivity index (χ3n) is 3.26. The highest BCUT2D eigenvalue weighted by Gasteiger charge is 2.31. The average Bonchev–Trinajstić information content (AvgIpc) is 2.36. The Morgan fingerprint density at radius 2 is 2.21 bits per heavy atom. The highest BCUT2D eigenvalue weighted by Crippen LogP contribution is 2.33. The number of ether oxygens (including phenoxy) is 2. The summed E-state index contributed by atoms with van der Waals surface area (Å²) in [7, 11) is 1.49. The van der Waals surface area contributed by atoms with Crippen molar-refractivity contribution < 1.29 is 14.4 Å². The Bertz CT molecular complexity index is 458. The van der Waals surface area contributed by atoms with Crippen LogP contribution in [0.1, 0.15) is 19.8 Å². The molecule has 1 aliphatic carbocycles. The minimum atomic E-state index is -0.399. The molecule has 0 radical (unpaired) electrons. The molecule has 0 aliphatic heterocycles. The number of benzene rings is 1. The summed E-state index contributed by atoms with van der Waals surface area (Å²) in [6.07, 6.45) is 2.05. The van der Waals surface area contributed by atoms with Gasteiger partial charge in [0.2, 0.25) is 0 Å². The lowest BCUT2D eigenvalue weighted by Gasteiger charge is -2.35. The Morgan fingerprint density at radius 1 is 1.47 bits per heavy atom. The number of nitro groups is 1.